The van der Waals surface area contributed by atoms with Crippen molar-refractivity contribution in [3.63, 3.8) is 0 Å². The molecule has 1 aliphatic rings. The van der Waals surface area contributed by atoms with E-state index in [-0.39, 0.29) is 17.6 Å². The van der Waals surface area contributed by atoms with Crippen molar-refractivity contribution < 1.29 is 13.2 Å². The average Bonchev–Trinajstić information content (AvgIpc) is 2.67. The molecular weight excluding hydrogens is 248 g/mol. The van der Waals surface area contributed by atoms with Gasteiger partial charge in [-0.25, -0.2) is 8.42 Å². The molecule has 1 heterocycles. The summed E-state index contributed by atoms with van der Waals surface area (Å²) in [4.78, 5) is 0. The van der Waals surface area contributed by atoms with Gasteiger partial charge in [-0.05, 0) is 24.0 Å². The number of benzene rings is 1. The number of hydrogen-bond donors (Lipinski definition) is 0. The van der Waals surface area contributed by atoms with Crippen LogP contribution < -0.4 is 4.74 Å². The maximum Gasteiger partial charge on any atom is 0.153 e. The second-order valence-corrected chi connectivity index (χ2v) is 7.58. The van der Waals surface area contributed by atoms with Crippen molar-refractivity contribution in [3.05, 3.63) is 29.8 Å². The van der Waals surface area contributed by atoms with E-state index < -0.39 is 9.84 Å². The maximum absolute atomic E-state index is 12.0. The minimum atomic E-state index is -3.00. The Morgan fingerprint density at radius 1 is 1.33 bits per heavy atom. The minimum absolute atomic E-state index is 0.133. The second kappa shape index (κ2) is 5.31. The molecule has 0 aliphatic carbocycles. The van der Waals surface area contributed by atoms with Crippen LogP contribution in [-0.4, -0.2) is 26.0 Å². The van der Waals surface area contributed by atoms with Gasteiger partial charge in [-0.3, -0.25) is 0 Å². The van der Waals surface area contributed by atoms with Gasteiger partial charge >= 0.3 is 0 Å². The Hall–Kier alpha value is -1.03. The lowest BCUT2D eigenvalue weighted by Gasteiger charge is -2.12. The Morgan fingerprint density at radius 3 is 2.72 bits per heavy atom. The summed E-state index contributed by atoms with van der Waals surface area (Å²) in [6.07, 6.45) is 1.22. The molecule has 0 fully saturated rings. The van der Waals surface area contributed by atoms with Gasteiger partial charge in [-0.1, -0.05) is 32.0 Å². The molecule has 0 saturated heterocycles. The van der Waals surface area contributed by atoms with Crippen molar-refractivity contribution in [2.75, 3.05) is 11.5 Å². The summed E-state index contributed by atoms with van der Waals surface area (Å²) in [5.74, 6) is 1.65. The van der Waals surface area contributed by atoms with Crippen molar-refractivity contribution >= 4 is 9.84 Å². The molecule has 3 nitrogen and oxygen atoms in total. The average molecular weight is 268 g/mol. The Balaban J connectivity index is 1.93. The monoisotopic (exact) mass is 268 g/mol. The van der Waals surface area contributed by atoms with E-state index in [0.29, 0.717) is 12.3 Å². The molecule has 100 valence electrons. The van der Waals surface area contributed by atoms with Crippen LogP contribution in [0.1, 0.15) is 25.8 Å². The number of para-hydroxylation sites is 1. The third kappa shape index (κ3) is 3.48. The zero-order valence-electron chi connectivity index (χ0n) is 10.9. The molecule has 4 heteroatoms. The molecule has 0 aromatic heterocycles. The molecule has 0 radical (unpaired) electrons. The smallest absolute Gasteiger partial charge is 0.153 e. The third-order valence-electron chi connectivity index (χ3n) is 3.16. The van der Waals surface area contributed by atoms with Gasteiger partial charge in [0.15, 0.2) is 9.84 Å². The van der Waals surface area contributed by atoms with Crippen molar-refractivity contribution in [1.29, 1.82) is 0 Å². The van der Waals surface area contributed by atoms with Crippen LogP contribution in [0.15, 0.2) is 24.3 Å². The van der Waals surface area contributed by atoms with Crippen molar-refractivity contribution in [2.45, 2.75) is 32.8 Å². The van der Waals surface area contributed by atoms with Crippen LogP contribution in [0.5, 0.6) is 5.75 Å². The molecule has 18 heavy (non-hydrogen) atoms. The first-order valence-electron chi connectivity index (χ1n) is 6.41. The zero-order chi connectivity index (χ0) is 13.2. The molecule has 0 amide bonds. The predicted octanol–water partition coefficient (Wildman–Crippen LogP) is 2.45. The van der Waals surface area contributed by atoms with Gasteiger partial charge in [0.25, 0.3) is 0 Å². The topological polar surface area (TPSA) is 43.4 Å². The highest BCUT2D eigenvalue weighted by molar-refractivity contribution is 7.91. The van der Waals surface area contributed by atoms with Gasteiger partial charge in [0.1, 0.15) is 11.9 Å². The molecule has 1 aromatic rings. The van der Waals surface area contributed by atoms with Gasteiger partial charge in [-0.2, -0.15) is 0 Å². The van der Waals surface area contributed by atoms with E-state index in [1.54, 1.807) is 0 Å². The van der Waals surface area contributed by atoms with Crippen LogP contribution in [0.25, 0.3) is 0 Å². The van der Waals surface area contributed by atoms with E-state index in [0.717, 1.165) is 17.7 Å². The first-order chi connectivity index (χ1) is 8.46. The highest BCUT2D eigenvalue weighted by Crippen LogP contribution is 2.28. The summed E-state index contributed by atoms with van der Waals surface area (Å²) in [5, 5.41) is 0. The van der Waals surface area contributed by atoms with Crippen molar-refractivity contribution in [2.24, 2.45) is 5.92 Å². The standard InChI is InChI=1S/C14H20O3S/c1-11(2)7-8-18(15,16)10-13-9-12-5-3-4-6-14(12)17-13/h3-6,11,13H,7-10H2,1-2H3/t13-/m0/s1. The number of fused-ring (bicyclic) bond motifs is 1. The van der Waals surface area contributed by atoms with Crippen LogP contribution in [0, 0.1) is 5.92 Å². The van der Waals surface area contributed by atoms with Gasteiger partial charge in [0, 0.05) is 6.42 Å². The molecular formula is C14H20O3S. The second-order valence-electron chi connectivity index (χ2n) is 5.35. The Kier molecular flexibility index (Phi) is 3.95. The fourth-order valence-corrected chi connectivity index (χ4v) is 3.88. The largest absolute Gasteiger partial charge is 0.489 e. The maximum atomic E-state index is 12.0. The normalized spacial score (nSPS) is 18.7. The number of ether oxygens (including phenoxy) is 1. The lowest BCUT2D eigenvalue weighted by molar-refractivity contribution is 0.256. The van der Waals surface area contributed by atoms with Crippen LogP contribution in [0.2, 0.25) is 0 Å². The van der Waals surface area contributed by atoms with E-state index in [9.17, 15) is 8.42 Å². The lowest BCUT2D eigenvalue weighted by Crippen LogP contribution is -2.27. The van der Waals surface area contributed by atoms with E-state index >= 15 is 0 Å². The number of hydrogen-bond acceptors (Lipinski definition) is 3. The molecule has 1 aliphatic heterocycles. The van der Waals surface area contributed by atoms with Gasteiger partial charge in [0.05, 0.1) is 11.5 Å². The summed E-state index contributed by atoms with van der Waals surface area (Å²) in [6.45, 7) is 4.08. The first-order valence-corrected chi connectivity index (χ1v) is 8.23. The summed E-state index contributed by atoms with van der Waals surface area (Å²) >= 11 is 0. The Labute approximate surface area is 109 Å². The molecule has 2 rings (SSSR count). The highest BCUT2D eigenvalue weighted by Gasteiger charge is 2.27. The van der Waals surface area contributed by atoms with Gasteiger partial charge in [0.2, 0.25) is 0 Å². The fourth-order valence-electron chi connectivity index (χ4n) is 2.13. The molecule has 0 unspecified atom stereocenters. The summed E-state index contributed by atoms with van der Waals surface area (Å²) in [6, 6.07) is 7.76. The van der Waals surface area contributed by atoms with Crippen LogP contribution in [0.3, 0.4) is 0 Å². The number of sulfone groups is 1. The van der Waals surface area contributed by atoms with Crippen LogP contribution >= 0.6 is 0 Å². The van der Waals surface area contributed by atoms with E-state index in [2.05, 4.69) is 0 Å². The lowest BCUT2D eigenvalue weighted by atomic mass is 10.1. The first kappa shape index (κ1) is 13.4. The molecule has 1 aromatic carbocycles. The Morgan fingerprint density at radius 2 is 2.06 bits per heavy atom. The van der Waals surface area contributed by atoms with E-state index in [1.807, 2.05) is 38.1 Å². The van der Waals surface area contributed by atoms with Crippen molar-refractivity contribution in [1.82, 2.24) is 0 Å². The quantitative estimate of drug-likeness (QED) is 0.824. The van der Waals surface area contributed by atoms with Crippen LogP contribution in [-0.2, 0) is 16.3 Å². The van der Waals surface area contributed by atoms with E-state index in [1.165, 1.54) is 0 Å². The van der Waals surface area contributed by atoms with Gasteiger partial charge in [-0.15, -0.1) is 0 Å². The fraction of sp³-hybridized carbons (Fsp3) is 0.571. The third-order valence-corrected chi connectivity index (χ3v) is 4.90. The minimum Gasteiger partial charge on any atom is -0.489 e. The summed E-state index contributed by atoms with van der Waals surface area (Å²) in [7, 11) is -3.00. The number of rotatable bonds is 5. The molecule has 1 atom stereocenters. The zero-order valence-corrected chi connectivity index (χ0v) is 11.7. The SMILES string of the molecule is CC(C)CCS(=O)(=O)C[C@@H]1Cc2ccccc2O1. The van der Waals surface area contributed by atoms with Gasteiger partial charge < -0.3 is 4.74 Å². The molecule has 0 N–H and O–H groups in total. The predicted molar refractivity (Wildman–Crippen MR) is 72.7 cm³/mol. The summed E-state index contributed by atoms with van der Waals surface area (Å²) < 4.78 is 29.6. The summed E-state index contributed by atoms with van der Waals surface area (Å²) in [5.41, 5.74) is 1.11. The molecule has 0 bridgehead atoms. The molecule has 0 spiro atoms. The van der Waals surface area contributed by atoms with Crippen LogP contribution in [0.4, 0.5) is 0 Å². The van der Waals surface area contributed by atoms with E-state index in [4.69, 9.17) is 4.74 Å². The van der Waals surface area contributed by atoms with Crippen molar-refractivity contribution in [3.8, 4) is 5.75 Å². The Bertz CT molecular complexity index is 481. The molecule has 0 saturated carbocycles. The highest BCUT2D eigenvalue weighted by atomic mass is 32.2.